The van der Waals surface area contributed by atoms with Gasteiger partial charge in [-0.15, -0.1) is 0 Å². The van der Waals surface area contributed by atoms with Gasteiger partial charge in [-0.3, -0.25) is 9.59 Å². The van der Waals surface area contributed by atoms with Gasteiger partial charge in [-0.05, 0) is 81.0 Å². The van der Waals surface area contributed by atoms with Crippen LogP contribution in [0.5, 0.6) is 5.75 Å². The first-order chi connectivity index (χ1) is 17.3. The maximum absolute atomic E-state index is 13.1. The van der Waals surface area contributed by atoms with Crippen LogP contribution in [0.2, 0.25) is 0 Å². The highest BCUT2D eigenvalue weighted by Gasteiger charge is 2.32. The van der Waals surface area contributed by atoms with E-state index in [1.54, 1.807) is 18.2 Å². The summed E-state index contributed by atoms with van der Waals surface area (Å²) in [5, 5.41) is 2.94. The van der Waals surface area contributed by atoms with Crippen LogP contribution in [0.15, 0.2) is 47.4 Å². The Labute approximate surface area is 213 Å². The molecule has 2 aromatic carbocycles. The molecule has 2 aromatic rings. The summed E-state index contributed by atoms with van der Waals surface area (Å²) in [7, 11) is -3.63. The lowest BCUT2D eigenvalue weighted by molar-refractivity contribution is -0.129. The van der Waals surface area contributed by atoms with Crippen LogP contribution in [0.25, 0.3) is 0 Å². The van der Waals surface area contributed by atoms with Crippen LogP contribution in [0, 0.1) is 12.8 Å². The van der Waals surface area contributed by atoms with E-state index in [0.29, 0.717) is 50.4 Å². The molecule has 2 aliphatic heterocycles. The van der Waals surface area contributed by atoms with Crippen molar-refractivity contribution in [3.63, 3.8) is 0 Å². The monoisotopic (exact) mass is 513 g/mol. The molecule has 0 saturated carbocycles. The molecule has 1 N–H and O–H groups in total. The number of hydrogen-bond donors (Lipinski definition) is 1. The molecule has 8 nitrogen and oxygen atoms in total. The highest BCUT2D eigenvalue weighted by atomic mass is 32.2. The van der Waals surface area contributed by atoms with E-state index >= 15 is 0 Å². The van der Waals surface area contributed by atoms with Gasteiger partial charge in [0.25, 0.3) is 0 Å². The van der Waals surface area contributed by atoms with E-state index in [2.05, 4.69) is 5.32 Å². The van der Waals surface area contributed by atoms with E-state index < -0.39 is 10.0 Å². The quantitative estimate of drug-likeness (QED) is 0.582. The van der Waals surface area contributed by atoms with Gasteiger partial charge in [-0.1, -0.05) is 12.1 Å². The third kappa shape index (κ3) is 6.07. The predicted octanol–water partition coefficient (Wildman–Crippen LogP) is 3.60. The lowest BCUT2D eigenvalue weighted by Gasteiger charge is -2.30. The Morgan fingerprint density at radius 1 is 1.00 bits per heavy atom. The number of nitrogens with one attached hydrogen (secondary N) is 1. The largest absolute Gasteiger partial charge is 0.494 e. The Morgan fingerprint density at radius 3 is 2.28 bits per heavy atom. The Balaban J connectivity index is 1.29. The minimum atomic E-state index is -3.63. The summed E-state index contributed by atoms with van der Waals surface area (Å²) in [5.74, 6) is 0.462. The molecule has 4 rings (SSSR count). The number of carbonyl (C=O) groups is 2. The number of piperidine rings is 1. The molecule has 2 heterocycles. The lowest BCUT2D eigenvalue weighted by Crippen LogP contribution is -2.41. The van der Waals surface area contributed by atoms with Crippen LogP contribution in [0.4, 0.5) is 5.69 Å². The van der Waals surface area contributed by atoms with Crippen LogP contribution in [-0.4, -0.2) is 62.2 Å². The first kappa shape index (κ1) is 26.2. The molecular formula is C27H35N3O5S. The van der Waals surface area contributed by atoms with Gasteiger partial charge in [0, 0.05) is 37.8 Å². The topological polar surface area (TPSA) is 96.0 Å². The number of aryl methyl sites for hydroxylation is 1. The zero-order valence-electron chi connectivity index (χ0n) is 21.0. The molecular weight excluding hydrogens is 478 g/mol. The van der Waals surface area contributed by atoms with Gasteiger partial charge in [-0.25, -0.2) is 8.42 Å². The van der Waals surface area contributed by atoms with Gasteiger partial charge in [0.1, 0.15) is 5.75 Å². The Kier molecular flexibility index (Phi) is 8.31. The van der Waals surface area contributed by atoms with Crippen LogP contribution >= 0.6 is 0 Å². The molecule has 0 unspecified atom stereocenters. The number of carbonyl (C=O) groups excluding carboxylic acids is 2. The zero-order valence-corrected chi connectivity index (χ0v) is 21.9. The average Bonchev–Trinajstić information content (AvgIpc) is 3.42. The Morgan fingerprint density at radius 2 is 1.67 bits per heavy atom. The molecule has 194 valence electrons. The number of rotatable bonds is 8. The molecule has 2 amide bonds. The van der Waals surface area contributed by atoms with Crippen LogP contribution < -0.4 is 10.1 Å². The third-order valence-electron chi connectivity index (χ3n) is 6.94. The predicted molar refractivity (Wildman–Crippen MR) is 138 cm³/mol. The normalized spacial score (nSPS) is 17.2. The van der Waals surface area contributed by atoms with Gasteiger partial charge in [0.05, 0.1) is 17.9 Å². The van der Waals surface area contributed by atoms with Crippen molar-refractivity contribution in [3.8, 4) is 5.75 Å². The summed E-state index contributed by atoms with van der Waals surface area (Å²) in [5.41, 5.74) is 2.38. The zero-order chi connectivity index (χ0) is 25.7. The number of benzene rings is 2. The van der Waals surface area contributed by atoms with E-state index in [9.17, 15) is 18.0 Å². The average molecular weight is 514 g/mol. The fraction of sp³-hybridized carbons (Fsp3) is 0.481. The summed E-state index contributed by atoms with van der Waals surface area (Å²) in [6.45, 7) is 6.51. The van der Waals surface area contributed by atoms with E-state index in [-0.39, 0.29) is 22.6 Å². The number of ether oxygens (including phenoxy) is 1. The third-order valence-corrected chi connectivity index (χ3v) is 8.84. The van der Waals surface area contributed by atoms with Gasteiger partial charge < -0.3 is 15.0 Å². The van der Waals surface area contributed by atoms with Crippen molar-refractivity contribution in [3.05, 3.63) is 53.6 Å². The van der Waals surface area contributed by atoms with Crippen LogP contribution in [0.1, 0.15) is 43.7 Å². The van der Waals surface area contributed by atoms with E-state index in [1.807, 2.05) is 43.0 Å². The number of likely N-dealkylation sites (tertiary alicyclic amines) is 1. The smallest absolute Gasteiger partial charge is 0.243 e. The second-order valence-electron chi connectivity index (χ2n) is 9.49. The molecule has 0 aromatic heterocycles. The summed E-state index contributed by atoms with van der Waals surface area (Å²) in [6.07, 6.45) is 3.44. The minimum absolute atomic E-state index is 0.107. The standard InChI is InChI=1S/C27H35N3O5S/c1-3-35-25-11-10-24(18-20(25)2)36(33,34)30-16-12-22(13-17-30)27(32)28-23-8-6-21(7-9-23)19-26(31)29-14-4-5-15-29/h6-11,18,22H,3-5,12-17,19H2,1-2H3,(H,28,32). The number of amides is 2. The molecule has 0 radical (unpaired) electrons. The van der Waals surface area contributed by atoms with Crippen LogP contribution in [0.3, 0.4) is 0 Å². The van der Waals surface area contributed by atoms with Crippen molar-refractivity contribution in [2.45, 2.75) is 50.8 Å². The first-order valence-corrected chi connectivity index (χ1v) is 14.1. The maximum atomic E-state index is 13.1. The summed E-state index contributed by atoms with van der Waals surface area (Å²) < 4.78 is 33.2. The molecule has 2 aliphatic rings. The van der Waals surface area contributed by atoms with Crippen molar-refractivity contribution >= 4 is 27.5 Å². The Bertz CT molecular complexity index is 1180. The second-order valence-corrected chi connectivity index (χ2v) is 11.4. The molecule has 0 spiro atoms. The minimum Gasteiger partial charge on any atom is -0.494 e. The van der Waals surface area contributed by atoms with Crippen molar-refractivity contribution < 1.29 is 22.7 Å². The van der Waals surface area contributed by atoms with Gasteiger partial charge >= 0.3 is 0 Å². The highest BCUT2D eigenvalue weighted by molar-refractivity contribution is 7.89. The maximum Gasteiger partial charge on any atom is 0.243 e. The Hall–Kier alpha value is -2.91. The molecule has 2 saturated heterocycles. The molecule has 0 aliphatic carbocycles. The van der Waals surface area contributed by atoms with Gasteiger partial charge in [-0.2, -0.15) is 4.31 Å². The van der Waals surface area contributed by atoms with Crippen molar-refractivity contribution in [2.24, 2.45) is 5.92 Å². The first-order valence-electron chi connectivity index (χ1n) is 12.7. The fourth-order valence-corrected chi connectivity index (χ4v) is 6.37. The van der Waals surface area contributed by atoms with E-state index in [4.69, 9.17) is 4.74 Å². The lowest BCUT2D eigenvalue weighted by atomic mass is 9.97. The van der Waals surface area contributed by atoms with Crippen molar-refractivity contribution in [2.75, 3.05) is 38.1 Å². The number of sulfonamides is 1. The number of anilines is 1. The highest BCUT2D eigenvalue weighted by Crippen LogP contribution is 2.28. The molecule has 2 fully saturated rings. The number of hydrogen-bond acceptors (Lipinski definition) is 5. The SMILES string of the molecule is CCOc1ccc(S(=O)(=O)N2CCC(C(=O)Nc3ccc(CC(=O)N4CCCC4)cc3)CC2)cc1C. The van der Waals surface area contributed by atoms with Crippen molar-refractivity contribution in [1.82, 2.24) is 9.21 Å². The van der Waals surface area contributed by atoms with Gasteiger partial charge in [0.15, 0.2) is 0 Å². The second kappa shape index (κ2) is 11.4. The molecule has 0 bridgehead atoms. The summed E-state index contributed by atoms with van der Waals surface area (Å²) in [4.78, 5) is 27.3. The molecule has 0 atom stereocenters. The fourth-order valence-electron chi connectivity index (χ4n) is 4.81. The van der Waals surface area contributed by atoms with E-state index in [1.165, 1.54) is 4.31 Å². The van der Waals surface area contributed by atoms with Crippen molar-refractivity contribution in [1.29, 1.82) is 0 Å². The summed E-state index contributed by atoms with van der Waals surface area (Å²) >= 11 is 0. The number of nitrogens with zero attached hydrogens (tertiary/aromatic N) is 2. The van der Waals surface area contributed by atoms with Gasteiger partial charge in [0.2, 0.25) is 21.8 Å². The van der Waals surface area contributed by atoms with Crippen LogP contribution in [-0.2, 0) is 26.0 Å². The molecule has 36 heavy (non-hydrogen) atoms. The summed E-state index contributed by atoms with van der Waals surface area (Å²) in [6, 6.07) is 12.3. The molecule has 9 heteroatoms. The van der Waals surface area contributed by atoms with E-state index in [0.717, 1.165) is 37.1 Å².